The third-order valence-electron chi connectivity index (χ3n) is 3.75. The first kappa shape index (κ1) is 20.5. The lowest BCUT2D eigenvalue weighted by molar-refractivity contribution is -0.113. The van der Waals surface area contributed by atoms with Gasteiger partial charge in [0.25, 0.3) is 5.22 Å². The molecule has 0 fully saturated rings. The van der Waals surface area contributed by atoms with Crippen LogP contribution in [0.3, 0.4) is 0 Å². The van der Waals surface area contributed by atoms with Gasteiger partial charge >= 0.3 is 0 Å². The van der Waals surface area contributed by atoms with Crippen LogP contribution in [0.5, 0.6) is 17.2 Å². The van der Waals surface area contributed by atoms with Gasteiger partial charge in [0.2, 0.25) is 17.5 Å². The number of amides is 1. The van der Waals surface area contributed by atoms with E-state index in [1.54, 1.807) is 18.2 Å². The van der Waals surface area contributed by atoms with Crippen LogP contribution in [-0.2, 0) is 4.79 Å². The smallest absolute Gasteiger partial charge is 0.277 e. The molecule has 0 radical (unpaired) electrons. The van der Waals surface area contributed by atoms with Crippen LogP contribution < -0.4 is 19.5 Å². The van der Waals surface area contributed by atoms with Gasteiger partial charge in [-0.05, 0) is 30.3 Å². The Morgan fingerprint density at radius 2 is 1.83 bits per heavy atom. The number of nitrogens with zero attached hydrogens (tertiary/aromatic N) is 2. The van der Waals surface area contributed by atoms with Crippen molar-refractivity contribution in [3.63, 3.8) is 0 Å². The maximum absolute atomic E-state index is 13.2. The second kappa shape index (κ2) is 9.28. The fourth-order valence-electron chi connectivity index (χ4n) is 2.48. The molecule has 1 aromatic heterocycles. The summed E-state index contributed by atoms with van der Waals surface area (Å²) in [5.41, 5.74) is 0.947. The predicted octanol–water partition coefficient (Wildman–Crippen LogP) is 3.63. The van der Waals surface area contributed by atoms with E-state index in [0.717, 1.165) is 11.8 Å². The zero-order valence-corrected chi connectivity index (χ0v) is 16.7. The molecule has 152 valence electrons. The largest absolute Gasteiger partial charge is 0.493 e. The van der Waals surface area contributed by atoms with Crippen molar-refractivity contribution < 1.29 is 27.8 Å². The van der Waals surface area contributed by atoms with Crippen molar-refractivity contribution in [1.82, 2.24) is 10.2 Å². The zero-order chi connectivity index (χ0) is 20.8. The lowest BCUT2D eigenvalue weighted by Crippen LogP contribution is -2.14. The van der Waals surface area contributed by atoms with E-state index in [1.807, 2.05) is 0 Å². The first-order valence-corrected chi connectivity index (χ1v) is 9.34. The minimum absolute atomic E-state index is 0.0212. The minimum atomic E-state index is -0.428. The van der Waals surface area contributed by atoms with Crippen LogP contribution in [0.2, 0.25) is 0 Å². The van der Waals surface area contributed by atoms with Gasteiger partial charge in [0.1, 0.15) is 5.82 Å². The van der Waals surface area contributed by atoms with Crippen LogP contribution in [0.25, 0.3) is 11.5 Å². The molecule has 0 aliphatic rings. The number of hydrogen-bond donors (Lipinski definition) is 1. The first-order valence-electron chi connectivity index (χ1n) is 8.36. The van der Waals surface area contributed by atoms with E-state index in [1.165, 1.54) is 39.5 Å². The molecule has 8 nitrogen and oxygen atoms in total. The summed E-state index contributed by atoms with van der Waals surface area (Å²) in [5, 5.41) is 10.7. The number of anilines is 1. The van der Waals surface area contributed by atoms with Gasteiger partial charge in [-0.1, -0.05) is 17.8 Å². The molecule has 3 aromatic rings. The Bertz CT molecular complexity index is 986. The standard InChI is InChI=1S/C19H18FN3O5S/c1-25-14-7-11(8-15(26-2)17(14)27-3)18-22-23-19(28-18)29-10-16(24)21-13-6-4-5-12(20)9-13/h4-9H,10H2,1-3H3,(H,21,24). The van der Waals surface area contributed by atoms with Crippen molar-refractivity contribution in [1.29, 1.82) is 0 Å². The summed E-state index contributed by atoms with van der Waals surface area (Å²) >= 11 is 1.06. The minimum Gasteiger partial charge on any atom is -0.493 e. The summed E-state index contributed by atoms with van der Waals surface area (Å²) in [7, 11) is 4.52. The number of carbonyl (C=O) groups excluding carboxylic acids is 1. The molecule has 10 heteroatoms. The van der Waals surface area contributed by atoms with E-state index < -0.39 is 5.82 Å². The van der Waals surface area contributed by atoms with Gasteiger partial charge in [-0.25, -0.2) is 4.39 Å². The lowest BCUT2D eigenvalue weighted by atomic mass is 10.2. The Morgan fingerprint density at radius 3 is 2.45 bits per heavy atom. The highest BCUT2D eigenvalue weighted by Crippen LogP contribution is 2.41. The molecule has 0 saturated heterocycles. The molecule has 0 aliphatic carbocycles. The number of halogens is 1. The van der Waals surface area contributed by atoms with E-state index in [0.29, 0.717) is 28.5 Å². The molecule has 0 aliphatic heterocycles. The number of carbonyl (C=O) groups is 1. The third-order valence-corrected chi connectivity index (χ3v) is 4.57. The summed E-state index contributed by atoms with van der Waals surface area (Å²) in [6.07, 6.45) is 0. The summed E-state index contributed by atoms with van der Waals surface area (Å²) in [5.74, 6) is 0.843. The lowest BCUT2D eigenvalue weighted by Gasteiger charge is -2.12. The Morgan fingerprint density at radius 1 is 1.10 bits per heavy atom. The van der Waals surface area contributed by atoms with Gasteiger partial charge < -0.3 is 23.9 Å². The highest BCUT2D eigenvalue weighted by molar-refractivity contribution is 7.99. The summed E-state index contributed by atoms with van der Waals surface area (Å²) < 4.78 is 34.7. The first-order chi connectivity index (χ1) is 14.0. The third kappa shape index (κ3) is 4.96. The number of thioether (sulfide) groups is 1. The summed E-state index contributed by atoms with van der Waals surface area (Å²) in [4.78, 5) is 12.0. The second-order valence-electron chi connectivity index (χ2n) is 5.63. The van der Waals surface area contributed by atoms with Gasteiger partial charge in [0, 0.05) is 11.3 Å². The quantitative estimate of drug-likeness (QED) is 0.553. The Balaban J connectivity index is 1.68. The molecule has 1 N–H and O–H groups in total. The summed E-state index contributed by atoms with van der Waals surface area (Å²) in [6.45, 7) is 0. The molecule has 0 atom stereocenters. The van der Waals surface area contributed by atoms with E-state index in [9.17, 15) is 9.18 Å². The summed E-state index contributed by atoms with van der Waals surface area (Å²) in [6, 6.07) is 9.01. The van der Waals surface area contributed by atoms with Crippen molar-refractivity contribution in [3.05, 3.63) is 42.2 Å². The number of methoxy groups -OCH3 is 3. The number of hydrogen-bond acceptors (Lipinski definition) is 8. The van der Waals surface area contributed by atoms with E-state index >= 15 is 0 Å². The van der Waals surface area contributed by atoms with Gasteiger partial charge in [-0.2, -0.15) is 0 Å². The maximum Gasteiger partial charge on any atom is 0.277 e. The highest BCUT2D eigenvalue weighted by atomic mass is 32.2. The highest BCUT2D eigenvalue weighted by Gasteiger charge is 2.18. The van der Waals surface area contributed by atoms with E-state index in [2.05, 4.69) is 15.5 Å². The van der Waals surface area contributed by atoms with Crippen molar-refractivity contribution in [2.45, 2.75) is 5.22 Å². The topological polar surface area (TPSA) is 95.7 Å². The van der Waals surface area contributed by atoms with Crippen LogP contribution in [0.15, 0.2) is 46.0 Å². The van der Waals surface area contributed by atoms with Crippen molar-refractivity contribution in [3.8, 4) is 28.7 Å². The van der Waals surface area contributed by atoms with Gasteiger partial charge in [-0.15, -0.1) is 10.2 Å². The second-order valence-corrected chi connectivity index (χ2v) is 6.56. The molecular weight excluding hydrogens is 401 g/mol. The molecule has 3 rings (SSSR count). The molecule has 2 aromatic carbocycles. The fraction of sp³-hybridized carbons (Fsp3) is 0.211. The number of ether oxygens (including phenoxy) is 3. The van der Waals surface area contributed by atoms with E-state index in [-0.39, 0.29) is 22.8 Å². The van der Waals surface area contributed by atoms with Crippen LogP contribution >= 0.6 is 11.8 Å². The van der Waals surface area contributed by atoms with Crippen molar-refractivity contribution >= 4 is 23.4 Å². The van der Waals surface area contributed by atoms with Crippen LogP contribution in [0, 0.1) is 5.82 Å². The maximum atomic E-state index is 13.2. The molecule has 0 spiro atoms. The number of nitrogens with one attached hydrogen (secondary N) is 1. The fourth-order valence-corrected chi connectivity index (χ4v) is 3.04. The molecular formula is C19H18FN3O5S. The molecule has 0 bridgehead atoms. The molecule has 1 heterocycles. The van der Waals surface area contributed by atoms with Gasteiger partial charge in [0.15, 0.2) is 11.5 Å². The monoisotopic (exact) mass is 419 g/mol. The molecule has 0 saturated carbocycles. The predicted molar refractivity (Wildman–Crippen MR) is 105 cm³/mol. The van der Waals surface area contributed by atoms with Gasteiger partial charge in [-0.3, -0.25) is 4.79 Å². The Labute approximate surface area is 170 Å². The Kier molecular flexibility index (Phi) is 6.55. The number of rotatable bonds is 8. The number of aromatic nitrogens is 2. The normalized spacial score (nSPS) is 10.5. The molecule has 0 unspecified atom stereocenters. The molecule has 1 amide bonds. The van der Waals surface area contributed by atoms with Crippen LogP contribution in [0.4, 0.5) is 10.1 Å². The average Bonchev–Trinajstić information content (AvgIpc) is 3.20. The SMILES string of the molecule is COc1cc(-c2nnc(SCC(=O)Nc3cccc(F)c3)o2)cc(OC)c1OC. The van der Waals surface area contributed by atoms with Crippen molar-refractivity contribution in [2.24, 2.45) is 0 Å². The van der Waals surface area contributed by atoms with Crippen LogP contribution in [0.1, 0.15) is 0 Å². The van der Waals surface area contributed by atoms with Crippen molar-refractivity contribution in [2.75, 3.05) is 32.4 Å². The van der Waals surface area contributed by atoms with Gasteiger partial charge in [0.05, 0.1) is 27.1 Å². The Hall–Kier alpha value is -3.27. The number of benzene rings is 2. The van der Waals surface area contributed by atoms with E-state index in [4.69, 9.17) is 18.6 Å². The van der Waals surface area contributed by atoms with Crippen LogP contribution in [-0.4, -0.2) is 43.2 Å². The average molecular weight is 419 g/mol. The molecule has 29 heavy (non-hydrogen) atoms. The zero-order valence-electron chi connectivity index (χ0n) is 15.9.